The van der Waals surface area contributed by atoms with Gasteiger partial charge in [0.25, 0.3) is 0 Å². The summed E-state index contributed by atoms with van der Waals surface area (Å²) < 4.78 is 0. The number of nitrogens with two attached hydrogens (primary N) is 1. The maximum atomic E-state index is 11.4. The van der Waals surface area contributed by atoms with Gasteiger partial charge >= 0.3 is 5.97 Å². The number of rotatable bonds is 6. The molecule has 0 aliphatic heterocycles. The van der Waals surface area contributed by atoms with Crippen LogP contribution < -0.4 is 5.73 Å². The fourth-order valence-electron chi connectivity index (χ4n) is 0.932. The number of likely N-dealkylation sites (N-methyl/N-ethyl adjacent to an activating group) is 1. The third-order valence-electron chi connectivity index (χ3n) is 1.70. The van der Waals surface area contributed by atoms with Crippen molar-refractivity contribution in [1.82, 2.24) is 4.90 Å². The average molecular weight is 220 g/mol. The summed E-state index contributed by atoms with van der Waals surface area (Å²) in [4.78, 5) is 22.9. The molecule has 6 heteroatoms. The Morgan fingerprint density at radius 2 is 2.14 bits per heavy atom. The normalized spacial score (nSPS) is 12.2. The Balaban J connectivity index is 3.97. The summed E-state index contributed by atoms with van der Waals surface area (Å²) in [7, 11) is 1.44. The van der Waals surface area contributed by atoms with E-state index in [2.05, 4.69) is 0 Å². The van der Waals surface area contributed by atoms with Crippen LogP contribution in [0.3, 0.4) is 0 Å². The summed E-state index contributed by atoms with van der Waals surface area (Å²) in [5.74, 6) is -0.548. The summed E-state index contributed by atoms with van der Waals surface area (Å²) in [6.45, 7) is -0.300. The van der Waals surface area contributed by atoms with E-state index in [1.807, 2.05) is 6.26 Å². The van der Waals surface area contributed by atoms with Gasteiger partial charge in [-0.1, -0.05) is 0 Å². The first kappa shape index (κ1) is 13.2. The zero-order chi connectivity index (χ0) is 11.1. The first-order valence-corrected chi connectivity index (χ1v) is 5.59. The highest BCUT2D eigenvalue weighted by Crippen LogP contribution is 2.01. The second-order valence-electron chi connectivity index (χ2n) is 2.98. The third-order valence-corrected chi connectivity index (χ3v) is 2.34. The number of thioether (sulfide) groups is 1. The molecule has 0 aromatic heterocycles. The van der Waals surface area contributed by atoms with E-state index in [0.717, 1.165) is 10.7 Å². The molecule has 0 fully saturated rings. The summed E-state index contributed by atoms with van der Waals surface area (Å²) >= 11 is 1.61. The molecule has 0 saturated carbocycles. The van der Waals surface area contributed by atoms with Crippen molar-refractivity contribution in [3.63, 3.8) is 0 Å². The van der Waals surface area contributed by atoms with Crippen molar-refractivity contribution in [3.8, 4) is 0 Å². The Kier molecular flexibility index (Phi) is 6.31. The Morgan fingerprint density at radius 1 is 1.57 bits per heavy atom. The lowest BCUT2D eigenvalue weighted by Crippen LogP contribution is -2.44. The molecule has 0 unspecified atom stereocenters. The minimum absolute atomic E-state index is 0.300. The van der Waals surface area contributed by atoms with Gasteiger partial charge < -0.3 is 15.7 Å². The van der Waals surface area contributed by atoms with E-state index < -0.39 is 12.0 Å². The molecule has 0 rings (SSSR count). The number of aliphatic carboxylic acids is 1. The lowest BCUT2D eigenvalue weighted by molar-refractivity contribution is -0.143. The number of nitrogens with zero attached hydrogens (tertiary/aromatic N) is 1. The summed E-state index contributed by atoms with van der Waals surface area (Å²) in [6, 6.07) is -0.591. The fraction of sp³-hybridized carbons (Fsp3) is 0.750. The van der Waals surface area contributed by atoms with E-state index in [0.29, 0.717) is 6.42 Å². The SMILES string of the molecule is CSCC[C@H](N)C(=O)N(C)CC(=O)O. The summed E-state index contributed by atoms with van der Waals surface area (Å²) in [5.41, 5.74) is 5.58. The molecule has 5 nitrogen and oxygen atoms in total. The number of carboxylic acid groups (broad SMARTS) is 1. The highest BCUT2D eigenvalue weighted by molar-refractivity contribution is 7.98. The Hall–Kier alpha value is -0.750. The van der Waals surface area contributed by atoms with Crippen LogP contribution in [0.4, 0.5) is 0 Å². The van der Waals surface area contributed by atoms with Gasteiger partial charge in [0.15, 0.2) is 0 Å². The number of amides is 1. The first-order valence-electron chi connectivity index (χ1n) is 4.20. The predicted molar refractivity (Wildman–Crippen MR) is 56.2 cm³/mol. The van der Waals surface area contributed by atoms with Crippen LogP contribution >= 0.6 is 11.8 Å². The van der Waals surface area contributed by atoms with E-state index in [1.165, 1.54) is 7.05 Å². The number of carboxylic acids is 1. The lowest BCUT2D eigenvalue weighted by atomic mass is 10.2. The van der Waals surface area contributed by atoms with Gasteiger partial charge in [-0.3, -0.25) is 9.59 Å². The van der Waals surface area contributed by atoms with E-state index >= 15 is 0 Å². The second kappa shape index (κ2) is 6.67. The minimum Gasteiger partial charge on any atom is -0.480 e. The molecule has 1 amide bonds. The molecule has 82 valence electrons. The average Bonchev–Trinajstić information content (AvgIpc) is 2.11. The molecule has 14 heavy (non-hydrogen) atoms. The minimum atomic E-state index is -1.03. The van der Waals surface area contributed by atoms with Crippen molar-refractivity contribution in [2.45, 2.75) is 12.5 Å². The van der Waals surface area contributed by atoms with Gasteiger partial charge in [-0.15, -0.1) is 0 Å². The Morgan fingerprint density at radius 3 is 2.57 bits per heavy atom. The third kappa shape index (κ3) is 5.08. The van der Waals surface area contributed by atoms with Gasteiger partial charge in [-0.25, -0.2) is 0 Å². The van der Waals surface area contributed by atoms with Crippen LogP contribution in [0.15, 0.2) is 0 Å². The lowest BCUT2D eigenvalue weighted by Gasteiger charge is -2.18. The molecular weight excluding hydrogens is 204 g/mol. The van der Waals surface area contributed by atoms with Crippen LogP contribution in [-0.2, 0) is 9.59 Å². The molecule has 0 aromatic carbocycles. The number of hydrogen-bond acceptors (Lipinski definition) is 4. The fourth-order valence-corrected chi connectivity index (χ4v) is 1.42. The van der Waals surface area contributed by atoms with Crippen molar-refractivity contribution in [3.05, 3.63) is 0 Å². The number of hydrogen-bond donors (Lipinski definition) is 2. The highest BCUT2D eigenvalue weighted by Gasteiger charge is 2.18. The number of carbonyl (C=O) groups excluding carboxylic acids is 1. The van der Waals surface area contributed by atoms with Crippen LogP contribution in [0.5, 0.6) is 0 Å². The van der Waals surface area contributed by atoms with Crippen molar-refractivity contribution in [2.75, 3.05) is 25.6 Å². The topological polar surface area (TPSA) is 83.6 Å². The number of carbonyl (C=O) groups is 2. The van der Waals surface area contributed by atoms with Gasteiger partial charge in [0.05, 0.1) is 6.04 Å². The zero-order valence-corrected chi connectivity index (χ0v) is 9.21. The standard InChI is InChI=1S/C8H16N2O3S/c1-10(5-7(11)12)8(13)6(9)3-4-14-2/h6H,3-5,9H2,1-2H3,(H,11,12)/t6-/m0/s1. The van der Waals surface area contributed by atoms with E-state index in [4.69, 9.17) is 10.8 Å². The van der Waals surface area contributed by atoms with Crippen LogP contribution in [0.1, 0.15) is 6.42 Å². The first-order chi connectivity index (χ1) is 6.49. The quantitative estimate of drug-likeness (QED) is 0.637. The summed E-state index contributed by atoms with van der Waals surface area (Å²) in [5, 5.41) is 8.45. The van der Waals surface area contributed by atoms with Gasteiger partial charge in [0.1, 0.15) is 6.54 Å². The van der Waals surface area contributed by atoms with E-state index in [-0.39, 0.29) is 12.5 Å². The second-order valence-corrected chi connectivity index (χ2v) is 3.96. The van der Waals surface area contributed by atoms with Crippen molar-refractivity contribution < 1.29 is 14.7 Å². The molecule has 0 aromatic rings. The van der Waals surface area contributed by atoms with Crippen molar-refractivity contribution >= 4 is 23.6 Å². The van der Waals surface area contributed by atoms with Gasteiger partial charge in [-0.05, 0) is 18.4 Å². The Labute approximate surface area is 87.6 Å². The van der Waals surface area contributed by atoms with Crippen LogP contribution in [0, 0.1) is 0 Å². The van der Waals surface area contributed by atoms with Crippen molar-refractivity contribution in [1.29, 1.82) is 0 Å². The zero-order valence-electron chi connectivity index (χ0n) is 8.40. The molecule has 0 saturated heterocycles. The van der Waals surface area contributed by atoms with Crippen LogP contribution in [-0.4, -0.2) is 53.5 Å². The maximum Gasteiger partial charge on any atom is 0.323 e. The highest BCUT2D eigenvalue weighted by atomic mass is 32.2. The molecule has 0 radical (unpaired) electrons. The smallest absolute Gasteiger partial charge is 0.323 e. The van der Waals surface area contributed by atoms with E-state index in [9.17, 15) is 9.59 Å². The molecule has 0 heterocycles. The molecular formula is C8H16N2O3S. The molecule has 0 bridgehead atoms. The molecule has 3 N–H and O–H groups in total. The molecule has 0 spiro atoms. The maximum absolute atomic E-state index is 11.4. The predicted octanol–water partition coefficient (Wildman–Crippen LogP) is -0.390. The molecule has 1 atom stereocenters. The van der Waals surface area contributed by atoms with Gasteiger partial charge in [0.2, 0.25) is 5.91 Å². The summed E-state index contributed by atoms with van der Waals surface area (Å²) in [6.07, 6.45) is 2.50. The monoisotopic (exact) mass is 220 g/mol. The van der Waals surface area contributed by atoms with E-state index in [1.54, 1.807) is 11.8 Å². The van der Waals surface area contributed by atoms with Gasteiger partial charge in [-0.2, -0.15) is 11.8 Å². The van der Waals surface area contributed by atoms with Gasteiger partial charge in [0, 0.05) is 7.05 Å². The molecule has 0 aliphatic rings. The Bertz CT molecular complexity index is 211. The largest absolute Gasteiger partial charge is 0.480 e. The van der Waals surface area contributed by atoms with Crippen LogP contribution in [0.25, 0.3) is 0 Å². The molecule has 0 aliphatic carbocycles. The van der Waals surface area contributed by atoms with Crippen molar-refractivity contribution in [2.24, 2.45) is 5.73 Å². The van der Waals surface area contributed by atoms with Crippen LogP contribution in [0.2, 0.25) is 0 Å².